The zero-order valence-corrected chi connectivity index (χ0v) is 18.6. The monoisotopic (exact) mass is 458 g/mol. The lowest BCUT2D eigenvalue weighted by molar-refractivity contribution is -0.884. The zero-order valence-electron chi connectivity index (χ0n) is 15.4. The Morgan fingerprint density at radius 1 is 0.667 bits per heavy atom. The quantitative estimate of drug-likeness (QED) is 0.435. The highest BCUT2D eigenvalue weighted by atomic mass is 79.9. The predicted octanol–water partition coefficient (Wildman–Crippen LogP) is -3.44. The summed E-state index contributed by atoms with van der Waals surface area (Å²) in [5.41, 5.74) is 4.48. The molecule has 2 aromatic rings. The number of halogens is 2. The van der Waals surface area contributed by atoms with Crippen LogP contribution in [0.4, 0.5) is 0 Å². The lowest BCUT2D eigenvalue weighted by Crippen LogP contribution is -3.00. The molecule has 0 aliphatic carbocycles. The molecule has 0 saturated heterocycles. The van der Waals surface area contributed by atoms with E-state index < -0.39 is 0 Å². The molecule has 0 unspecified atom stereocenters. The van der Waals surface area contributed by atoms with Crippen molar-refractivity contribution in [3.05, 3.63) is 47.8 Å². The van der Waals surface area contributed by atoms with Crippen LogP contribution in [0.5, 0.6) is 0 Å². The van der Waals surface area contributed by atoms with Crippen LogP contribution in [-0.2, 0) is 13.1 Å². The van der Waals surface area contributed by atoms with Crippen LogP contribution < -0.4 is 34.0 Å². The van der Waals surface area contributed by atoms with Crippen LogP contribution in [0.15, 0.2) is 36.7 Å². The molecular weight excluding hydrogens is 432 g/mol. The topological polar surface area (TPSA) is 25.8 Å². The molecule has 0 bridgehead atoms. The van der Waals surface area contributed by atoms with Crippen molar-refractivity contribution in [2.75, 3.05) is 42.3 Å². The molecule has 0 spiro atoms. The average molecular weight is 460 g/mol. The first kappa shape index (κ1) is 23.2. The van der Waals surface area contributed by atoms with Gasteiger partial charge < -0.3 is 42.9 Å². The second-order valence-corrected chi connectivity index (χ2v) is 8.00. The van der Waals surface area contributed by atoms with E-state index >= 15 is 0 Å². The van der Waals surface area contributed by atoms with Crippen LogP contribution in [0, 0.1) is 0 Å². The number of quaternary nitrogens is 2. The van der Waals surface area contributed by atoms with Gasteiger partial charge in [0.05, 0.1) is 53.7 Å². The molecular formula is C18H28Br2N4. The summed E-state index contributed by atoms with van der Waals surface area (Å²) < 4.78 is 1.80. The van der Waals surface area contributed by atoms with Gasteiger partial charge in [-0.15, -0.1) is 0 Å². The number of nitrogens with zero attached hydrogens (tertiary/aromatic N) is 4. The Morgan fingerprint density at radius 3 is 1.29 bits per heavy atom. The van der Waals surface area contributed by atoms with Gasteiger partial charge in [-0.25, -0.2) is 0 Å². The van der Waals surface area contributed by atoms with Crippen LogP contribution in [-0.4, -0.2) is 61.2 Å². The van der Waals surface area contributed by atoms with Crippen LogP contribution in [0.1, 0.15) is 11.1 Å². The minimum Gasteiger partial charge on any atom is -1.00 e. The maximum absolute atomic E-state index is 4.50. The van der Waals surface area contributed by atoms with Crippen LogP contribution in [0.2, 0.25) is 0 Å². The van der Waals surface area contributed by atoms with E-state index in [-0.39, 0.29) is 34.0 Å². The van der Waals surface area contributed by atoms with Crippen molar-refractivity contribution in [2.24, 2.45) is 0 Å². The normalized spacial score (nSPS) is 11.4. The van der Waals surface area contributed by atoms with E-state index in [0.717, 1.165) is 33.4 Å². The summed E-state index contributed by atoms with van der Waals surface area (Å²) in [6, 6.07) is 8.48. The fraction of sp³-hybridized carbons (Fsp3) is 0.444. The van der Waals surface area contributed by atoms with Gasteiger partial charge in [-0.1, -0.05) is 0 Å². The van der Waals surface area contributed by atoms with Gasteiger partial charge in [-0.2, -0.15) is 0 Å². The molecule has 0 N–H and O–H groups in total. The fourth-order valence-corrected chi connectivity index (χ4v) is 2.52. The summed E-state index contributed by atoms with van der Waals surface area (Å²) in [7, 11) is 13.2. The average Bonchev–Trinajstić information content (AvgIpc) is 2.35. The Labute approximate surface area is 167 Å². The molecule has 0 atom stereocenters. The Bertz CT molecular complexity index is 588. The lowest BCUT2D eigenvalue weighted by Gasteiger charge is -2.24. The second kappa shape index (κ2) is 9.04. The minimum atomic E-state index is 0. The summed E-state index contributed by atoms with van der Waals surface area (Å²) in [5.74, 6) is 0. The van der Waals surface area contributed by atoms with E-state index in [4.69, 9.17) is 0 Å². The number of pyridine rings is 2. The molecule has 4 nitrogen and oxygen atoms in total. The van der Waals surface area contributed by atoms with Crippen molar-refractivity contribution in [3.8, 4) is 11.4 Å². The number of rotatable bonds is 5. The summed E-state index contributed by atoms with van der Waals surface area (Å²) in [5, 5.41) is 0. The van der Waals surface area contributed by atoms with Crippen LogP contribution >= 0.6 is 0 Å². The van der Waals surface area contributed by atoms with Crippen molar-refractivity contribution < 1.29 is 42.9 Å². The smallest absolute Gasteiger partial charge is 0.104 e. The van der Waals surface area contributed by atoms with Crippen LogP contribution in [0.25, 0.3) is 11.4 Å². The maximum atomic E-state index is 4.50. The van der Waals surface area contributed by atoms with Gasteiger partial charge >= 0.3 is 0 Å². The third-order valence-electron chi connectivity index (χ3n) is 3.22. The predicted molar refractivity (Wildman–Crippen MR) is 90.9 cm³/mol. The SMILES string of the molecule is C[N+](C)(C)Cc1ccnc(-c2cc(C[N+](C)(C)C)ccn2)c1.[Br-].[Br-]. The van der Waals surface area contributed by atoms with Crippen molar-refractivity contribution in [2.45, 2.75) is 13.1 Å². The third-order valence-corrected chi connectivity index (χ3v) is 3.22. The van der Waals surface area contributed by atoms with E-state index in [9.17, 15) is 0 Å². The Kier molecular flexibility index (Phi) is 8.73. The Hall–Kier alpha value is -0.820. The van der Waals surface area contributed by atoms with Gasteiger partial charge in [0.2, 0.25) is 0 Å². The lowest BCUT2D eigenvalue weighted by atomic mass is 10.1. The molecule has 24 heavy (non-hydrogen) atoms. The van der Waals surface area contributed by atoms with Gasteiger partial charge in [0.25, 0.3) is 0 Å². The second-order valence-electron chi connectivity index (χ2n) is 8.00. The molecule has 2 rings (SSSR count). The number of hydrogen-bond acceptors (Lipinski definition) is 2. The van der Waals surface area contributed by atoms with Gasteiger partial charge in [-0.3, -0.25) is 9.97 Å². The maximum Gasteiger partial charge on any atom is 0.104 e. The summed E-state index contributed by atoms with van der Waals surface area (Å²) in [4.78, 5) is 9.01. The summed E-state index contributed by atoms with van der Waals surface area (Å²) in [6.45, 7) is 1.96. The molecule has 6 heteroatoms. The first-order valence-corrected chi connectivity index (χ1v) is 7.64. The molecule has 2 aromatic heterocycles. The fourth-order valence-electron chi connectivity index (χ4n) is 2.52. The van der Waals surface area contributed by atoms with E-state index in [0.29, 0.717) is 0 Å². The first-order chi connectivity index (χ1) is 10.1. The highest BCUT2D eigenvalue weighted by Gasteiger charge is 2.12. The first-order valence-electron chi connectivity index (χ1n) is 7.64. The third kappa shape index (κ3) is 7.83. The molecule has 0 aliphatic rings. The highest BCUT2D eigenvalue weighted by Crippen LogP contribution is 2.19. The van der Waals surface area contributed by atoms with Crippen molar-refractivity contribution in [3.63, 3.8) is 0 Å². The van der Waals surface area contributed by atoms with Gasteiger partial charge in [-0.05, 0) is 24.3 Å². The largest absolute Gasteiger partial charge is 1.00 e. The van der Waals surface area contributed by atoms with Crippen LogP contribution in [0.3, 0.4) is 0 Å². The number of aromatic nitrogens is 2. The standard InChI is InChI=1S/C18H28N4.2BrH/c1-21(2,3)13-15-7-9-19-17(11-15)18-12-16(8-10-20-18)14-22(4,5)6;;/h7-12H,13-14H2,1-6H3;2*1H/q+2;;/p-2. The summed E-state index contributed by atoms with van der Waals surface area (Å²) >= 11 is 0. The Balaban J connectivity index is 0.00000264. The highest BCUT2D eigenvalue weighted by molar-refractivity contribution is 5.55. The van der Waals surface area contributed by atoms with Gasteiger partial charge in [0, 0.05) is 23.5 Å². The molecule has 0 amide bonds. The van der Waals surface area contributed by atoms with E-state index in [1.807, 2.05) is 12.4 Å². The Morgan fingerprint density at radius 2 is 1.00 bits per heavy atom. The zero-order chi connectivity index (χ0) is 16.4. The molecule has 0 fully saturated rings. The van der Waals surface area contributed by atoms with Gasteiger partial charge in [0.15, 0.2) is 0 Å². The molecule has 0 radical (unpaired) electrons. The molecule has 0 saturated carbocycles. The van der Waals surface area contributed by atoms with E-state index in [1.165, 1.54) is 11.1 Å². The van der Waals surface area contributed by atoms with E-state index in [2.05, 4.69) is 76.5 Å². The van der Waals surface area contributed by atoms with Crippen molar-refractivity contribution in [1.29, 1.82) is 0 Å². The molecule has 2 heterocycles. The molecule has 134 valence electrons. The minimum absolute atomic E-state index is 0. The molecule has 0 aliphatic heterocycles. The van der Waals surface area contributed by atoms with Crippen molar-refractivity contribution in [1.82, 2.24) is 9.97 Å². The van der Waals surface area contributed by atoms with Crippen molar-refractivity contribution >= 4 is 0 Å². The molecule has 0 aromatic carbocycles. The number of hydrogen-bond donors (Lipinski definition) is 0. The van der Waals surface area contributed by atoms with Gasteiger partial charge in [0.1, 0.15) is 13.1 Å². The summed E-state index contributed by atoms with van der Waals surface area (Å²) in [6.07, 6.45) is 3.77. The van der Waals surface area contributed by atoms with E-state index in [1.54, 1.807) is 0 Å².